The fraction of sp³-hybridized carbons (Fsp3) is 1.00. The molecule has 3 aliphatic heterocycles. The van der Waals surface area contributed by atoms with E-state index in [1.54, 1.807) is 13.8 Å². The van der Waals surface area contributed by atoms with Gasteiger partial charge >= 0.3 is 0 Å². The average Bonchev–Trinajstić information content (AvgIpc) is 3.70. The van der Waals surface area contributed by atoms with Gasteiger partial charge in [-0.3, -0.25) is 0 Å². The number of ether oxygens (including phenoxy) is 5. The monoisotopic (exact) mass is 786 g/mol. The molecule has 55 heavy (non-hydrogen) atoms. The van der Waals surface area contributed by atoms with Crippen LogP contribution in [0.2, 0.25) is 0 Å². The van der Waals surface area contributed by atoms with Crippen LogP contribution in [-0.4, -0.2) is 150 Å². The smallest absolute Gasteiger partial charge is 0.187 e. The summed E-state index contributed by atoms with van der Waals surface area (Å²) in [7, 11) is 0. The third-order valence-corrected chi connectivity index (χ3v) is 16.6. The van der Waals surface area contributed by atoms with Crippen molar-refractivity contribution in [3.05, 3.63) is 0 Å². The minimum Gasteiger partial charge on any atom is -0.394 e. The van der Waals surface area contributed by atoms with Crippen molar-refractivity contribution < 1.29 is 69.6 Å². The molecule has 0 spiro atoms. The summed E-state index contributed by atoms with van der Waals surface area (Å²) < 4.78 is 31.8. The van der Waals surface area contributed by atoms with Crippen molar-refractivity contribution in [1.82, 2.24) is 0 Å². The largest absolute Gasteiger partial charge is 0.394 e. The third kappa shape index (κ3) is 6.78. The highest BCUT2D eigenvalue weighted by atomic mass is 16.8. The molecule has 4 aliphatic carbocycles. The molecule has 14 nitrogen and oxygen atoms in total. The van der Waals surface area contributed by atoms with E-state index < -0.39 is 103 Å². The maximum absolute atomic E-state index is 12.3. The van der Waals surface area contributed by atoms with Crippen LogP contribution in [0.3, 0.4) is 0 Å². The highest BCUT2D eigenvalue weighted by Crippen LogP contribution is 2.72. The molecule has 7 aliphatic rings. The first-order valence-corrected chi connectivity index (χ1v) is 20.9. The Balaban J connectivity index is 1.23. The van der Waals surface area contributed by atoms with E-state index in [1.165, 1.54) is 6.92 Å². The third-order valence-electron chi connectivity index (χ3n) is 16.6. The maximum atomic E-state index is 12.3. The number of aliphatic hydroxyl groups is 9. The van der Waals surface area contributed by atoms with Gasteiger partial charge in [-0.15, -0.1) is 0 Å². The fourth-order valence-corrected chi connectivity index (χ4v) is 13.6. The lowest BCUT2D eigenvalue weighted by Crippen LogP contribution is -2.68. The van der Waals surface area contributed by atoms with Crippen LogP contribution in [0.4, 0.5) is 0 Å². The van der Waals surface area contributed by atoms with Crippen LogP contribution in [0.5, 0.6) is 0 Å². The van der Waals surface area contributed by atoms with E-state index in [2.05, 4.69) is 20.8 Å². The van der Waals surface area contributed by atoms with Crippen molar-refractivity contribution in [1.29, 1.82) is 0 Å². The van der Waals surface area contributed by atoms with E-state index in [4.69, 9.17) is 23.7 Å². The summed E-state index contributed by atoms with van der Waals surface area (Å²) in [5.74, 6) is -0.0280. The second-order valence-electron chi connectivity index (χ2n) is 20.6. The van der Waals surface area contributed by atoms with Crippen molar-refractivity contribution in [3.63, 3.8) is 0 Å². The molecule has 0 radical (unpaired) electrons. The molecule has 0 aromatic rings. The van der Waals surface area contributed by atoms with Gasteiger partial charge in [0, 0.05) is 0 Å². The van der Waals surface area contributed by atoms with Gasteiger partial charge < -0.3 is 69.6 Å². The highest BCUT2D eigenvalue weighted by Gasteiger charge is 2.70. The summed E-state index contributed by atoms with van der Waals surface area (Å²) in [5.41, 5.74) is -2.81. The molecule has 3 heterocycles. The molecular formula is C41H70O14. The van der Waals surface area contributed by atoms with Crippen LogP contribution in [0.15, 0.2) is 0 Å². The van der Waals surface area contributed by atoms with Crippen LogP contribution in [0.1, 0.15) is 107 Å². The Kier molecular flexibility index (Phi) is 11.3. The average molecular weight is 787 g/mol. The Hall–Kier alpha value is -0.560. The Morgan fingerprint density at radius 3 is 1.98 bits per heavy atom. The zero-order valence-corrected chi connectivity index (χ0v) is 33.9. The predicted octanol–water partition coefficient (Wildman–Crippen LogP) is 0.969. The SMILES string of the molecule is C[C@H]1O[C@@H](O[C@@H]2[C@@H](O[C@@H]3C[C@@H]4[C@@H](C[C@@H](O)[C@@H]5[C@@H]([C@]6(C)CC[C@H](C(C)(C)O)O6)CC[C@@]54C)[C@@]4(C)CC[C@H](O)C(C)(C)[C@@H]34)O[C@@H](CO)[C@H](O)[C@H]2O)[C@H](O)[C@H](O)[C@@H]1O. The Labute approximate surface area is 325 Å². The van der Waals surface area contributed by atoms with Crippen molar-refractivity contribution in [2.24, 2.45) is 45.8 Å². The summed E-state index contributed by atoms with van der Waals surface area (Å²) in [6.45, 7) is 15.3. The topological polar surface area (TPSA) is 228 Å². The van der Waals surface area contributed by atoms with E-state index in [1.807, 2.05) is 13.8 Å². The number of fused-ring (bicyclic) bond motifs is 5. The summed E-state index contributed by atoms with van der Waals surface area (Å²) in [6, 6.07) is 0. The lowest BCUT2D eigenvalue weighted by atomic mass is 9.39. The van der Waals surface area contributed by atoms with Gasteiger partial charge in [-0.2, -0.15) is 0 Å². The van der Waals surface area contributed by atoms with E-state index in [0.29, 0.717) is 25.7 Å². The second kappa shape index (κ2) is 14.6. The quantitative estimate of drug-likeness (QED) is 0.164. The minimum absolute atomic E-state index is 0.0613. The Bertz CT molecular complexity index is 1380. The first-order chi connectivity index (χ1) is 25.5. The van der Waals surface area contributed by atoms with Crippen molar-refractivity contribution in [2.45, 2.75) is 204 Å². The van der Waals surface area contributed by atoms with Crippen LogP contribution in [0, 0.1) is 45.8 Å². The van der Waals surface area contributed by atoms with Gasteiger partial charge in [0.25, 0.3) is 0 Å². The summed E-state index contributed by atoms with van der Waals surface area (Å²) >= 11 is 0. The minimum atomic E-state index is -1.69. The van der Waals surface area contributed by atoms with Gasteiger partial charge in [0.1, 0.15) is 42.7 Å². The number of rotatable bonds is 7. The summed E-state index contributed by atoms with van der Waals surface area (Å²) in [6.07, 6.45) is -10.7. The van der Waals surface area contributed by atoms with Crippen LogP contribution < -0.4 is 0 Å². The first kappa shape index (κ1) is 42.6. The number of hydrogen-bond acceptors (Lipinski definition) is 14. The molecule has 0 aromatic heterocycles. The standard InChI is InChI=1S/C41H70O14/c1-18-28(45)30(47)32(49)35(51-18)54-33-31(48)29(46)24(17-42)53-36(33)52-23-16-21-20(40(7)13-10-25(44)37(2,3)34(23)40)15-22(43)27-19(9-12-39(21,27)6)41(8)14-11-26(55-41)38(4,5)50/h18-36,42-50H,9-17H2,1-8H3/t18-,19+,20-,21-,22-,23-,24+,25+,26-,27+,28-,29+,30-,31-,32-,33+,34-,35+,36+,39-,40-,41+/m1/s1. The number of hydrogen-bond donors (Lipinski definition) is 9. The molecule has 7 rings (SSSR count). The van der Waals surface area contributed by atoms with Gasteiger partial charge in [0.05, 0.1) is 48.3 Å². The Morgan fingerprint density at radius 2 is 1.35 bits per heavy atom. The van der Waals surface area contributed by atoms with Gasteiger partial charge in [-0.1, -0.05) is 27.7 Å². The fourth-order valence-electron chi connectivity index (χ4n) is 13.6. The molecule has 22 atom stereocenters. The van der Waals surface area contributed by atoms with Crippen molar-refractivity contribution in [2.75, 3.05) is 6.61 Å². The van der Waals surface area contributed by atoms with Crippen LogP contribution in [-0.2, 0) is 23.7 Å². The molecule has 3 saturated heterocycles. The predicted molar refractivity (Wildman–Crippen MR) is 196 cm³/mol. The highest BCUT2D eigenvalue weighted by molar-refractivity contribution is 5.18. The van der Waals surface area contributed by atoms with Gasteiger partial charge in [-0.05, 0) is 125 Å². The zero-order chi connectivity index (χ0) is 40.4. The summed E-state index contributed by atoms with van der Waals surface area (Å²) in [4.78, 5) is 0. The molecule has 9 N–H and O–H groups in total. The molecular weight excluding hydrogens is 716 g/mol. The van der Waals surface area contributed by atoms with Gasteiger partial charge in [0.15, 0.2) is 12.6 Å². The maximum Gasteiger partial charge on any atom is 0.187 e. The van der Waals surface area contributed by atoms with E-state index in [-0.39, 0.29) is 46.5 Å². The van der Waals surface area contributed by atoms with Crippen molar-refractivity contribution >= 4 is 0 Å². The molecule has 0 aromatic carbocycles. The van der Waals surface area contributed by atoms with Gasteiger partial charge in [0.2, 0.25) is 0 Å². The van der Waals surface area contributed by atoms with Gasteiger partial charge in [-0.25, -0.2) is 0 Å². The molecule has 14 heteroatoms. The van der Waals surface area contributed by atoms with Crippen LogP contribution >= 0.6 is 0 Å². The molecule has 0 amide bonds. The molecule has 318 valence electrons. The second-order valence-corrected chi connectivity index (χ2v) is 20.6. The molecule has 0 unspecified atom stereocenters. The molecule has 7 fully saturated rings. The lowest BCUT2D eigenvalue weighted by Gasteiger charge is -2.68. The lowest BCUT2D eigenvalue weighted by molar-refractivity contribution is -0.379. The number of aliphatic hydroxyl groups excluding tert-OH is 8. The summed E-state index contributed by atoms with van der Waals surface area (Å²) in [5, 5.41) is 99.1. The van der Waals surface area contributed by atoms with Crippen LogP contribution in [0.25, 0.3) is 0 Å². The van der Waals surface area contributed by atoms with E-state index in [9.17, 15) is 46.0 Å². The zero-order valence-electron chi connectivity index (χ0n) is 33.9. The molecule has 0 bridgehead atoms. The Morgan fingerprint density at radius 1 is 0.691 bits per heavy atom. The van der Waals surface area contributed by atoms with E-state index in [0.717, 1.165) is 25.7 Å². The van der Waals surface area contributed by atoms with Crippen molar-refractivity contribution in [3.8, 4) is 0 Å². The van der Waals surface area contributed by atoms with E-state index >= 15 is 0 Å². The normalized spacial score (nSPS) is 56.8. The first-order valence-electron chi connectivity index (χ1n) is 20.9. The molecule has 4 saturated carbocycles.